The second kappa shape index (κ2) is 7.98. The van der Waals surface area contributed by atoms with Crippen molar-refractivity contribution < 1.29 is 19.1 Å². The maximum atomic E-state index is 12.6. The van der Waals surface area contributed by atoms with E-state index in [4.69, 9.17) is 9.47 Å². The number of carbonyl (C=O) groups excluding carboxylic acids is 2. The van der Waals surface area contributed by atoms with Gasteiger partial charge in [0.25, 0.3) is 0 Å². The normalized spacial score (nSPS) is 10.5. The molecule has 0 atom stereocenters. The zero-order valence-corrected chi connectivity index (χ0v) is 16.7. The Bertz CT molecular complexity index is 783. The molecule has 1 aromatic carbocycles. The fourth-order valence-electron chi connectivity index (χ4n) is 2.40. The predicted octanol–water partition coefficient (Wildman–Crippen LogP) is 4.59. The highest BCUT2D eigenvalue weighted by Gasteiger charge is 2.25. The fourth-order valence-corrected chi connectivity index (χ4v) is 3.56. The summed E-state index contributed by atoms with van der Waals surface area (Å²) in [5.74, 6) is -0.239. The molecule has 0 saturated heterocycles. The Morgan fingerprint density at radius 3 is 2.42 bits per heavy atom. The average molecular weight is 459 g/mol. The summed E-state index contributed by atoms with van der Waals surface area (Å²) in [7, 11) is 0. The van der Waals surface area contributed by atoms with Crippen molar-refractivity contribution in [3.05, 3.63) is 49.7 Å². The van der Waals surface area contributed by atoms with Crippen molar-refractivity contribution in [1.29, 1.82) is 0 Å². The number of Topliss-reactive ketones (excluding diaryl/α,β-unsaturated/α-hetero) is 1. The molecular weight excluding hydrogens is 442 g/mol. The number of nitrogens with one attached hydrogen (secondary N) is 1. The van der Waals surface area contributed by atoms with Crippen LogP contribution < -0.4 is 4.74 Å². The molecule has 7 heteroatoms. The van der Waals surface area contributed by atoms with Crippen LogP contribution in [0.1, 0.15) is 39.0 Å². The zero-order chi connectivity index (χ0) is 17.9. The van der Waals surface area contributed by atoms with Crippen molar-refractivity contribution in [2.75, 3.05) is 13.2 Å². The van der Waals surface area contributed by atoms with Crippen molar-refractivity contribution in [2.45, 2.75) is 20.8 Å². The number of hydrogen-bond acceptors (Lipinski definition) is 4. The lowest BCUT2D eigenvalue weighted by atomic mass is 10.1. The lowest BCUT2D eigenvalue weighted by molar-refractivity contribution is 0.0522. The fraction of sp³-hybridized carbons (Fsp3) is 0.294. The Hall–Kier alpha value is -1.60. The quantitative estimate of drug-likeness (QED) is 0.507. The minimum atomic E-state index is -0.507. The summed E-state index contributed by atoms with van der Waals surface area (Å²) in [6.07, 6.45) is 0. The molecule has 2 aromatic rings. The molecule has 1 heterocycles. The highest BCUT2D eigenvalue weighted by molar-refractivity contribution is 9.11. The van der Waals surface area contributed by atoms with Gasteiger partial charge >= 0.3 is 5.97 Å². The lowest BCUT2D eigenvalue weighted by Crippen LogP contribution is -2.17. The van der Waals surface area contributed by atoms with E-state index in [0.29, 0.717) is 22.7 Å². The van der Waals surface area contributed by atoms with E-state index in [0.717, 1.165) is 8.95 Å². The number of rotatable bonds is 6. The number of halogens is 2. The number of carbonyl (C=O) groups is 2. The second-order valence-electron chi connectivity index (χ2n) is 5.13. The van der Waals surface area contributed by atoms with Gasteiger partial charge in [0.2, 0.25) is 5.78 Å². The molecule has 1 N–H and O–H groups in total. The standard InChI is InChI=1S/C17H17Br2NO4/c1-4-23-17(22)16-10(3)20-9(2)15(16)13(21)8-24-14-6-5-11(18)7-12(14)19/h5-7,20H,4,8H2,1-3H3. The van der Waals surface area contributed by atoms with Gasteiger partial charge in [-0.15, -0.1) is 0 Å². The molecule has 0 aliphatic heterocycles. The number of esters is 1. The van der Waals surface area contributed by atoms with Crippen LogP contribution in [0.15, 0.2) is 27.1 Å². The molecule has 0 aliphatic rings. The summed E-state index contributed by atoms with van der Waals surface area (Å²) in [4.78, 5) is 27.7. The molecule has 2 rings (SSSR count). The first-order valence-electron chi connectivity index (χ1n) is 7.32. The van der Waals surface area contributed by atoms with Crippen LogP contribution >= 0.6 is 31.9 Å². The van der Waals surface area contributed by atoms with Crippen LogP contribution in [-0.2, 0) is 4.74 Å². The topological polar surface area (TPSA) is 68.4 Å². The Morgan fingerprint density at radius 1 is 1.12 bits per heavy atom. The number of benzene rings is 1. The van der Waals surface area contributed by atoms with E-state index in [-0.39, 0.29) is 24.6 Å². The predicted molar refractivity (Wildman–Crippen MR) is 97.9 cm³/mol. The summed E-state index contributed by atoms with van der Waals surface area (Å²) in [5.41, 5.74) is 1.83. The molecule has 24 heavy (non-hydrogen) atoms. The van der Waals surface area contributed by atoms with Crippen LogP contribution in [0.25, 0.3) is 0 Å². The third-order valence-corrected chi connectivity index (χ3v) is 4.50. The van der Waals surface area contributed by atoms with Crippen LogP contribution in [0.4, 0.5) is 0 Å². The summed E-state index contributed by atoms with van der Waals surface area (Å²) < 4.78 is 12.3. The van der Waals surface area contributed by atoms with Crippen LogP contribution in [-0.4, -0.2) is 30.0 Å². The van der Waals surface area contributed by atoms with Crippen LogP contribution in [0.2, 0.25) is 0 Å². The molecule has 0 radical (unpaired) electrons. The van der Waals surface area contributed by atoms with E-state index in [1.165, 1.54) is 0 Å². The van der Waals surface area contributed by atoms with E-state index >= 15 is 0 Å². The van der Waals surface area contributed by atoms with Gasteiger partial charge < -0.3 is 14.5 Å². The van der Waals surface area contributed by atoms with Crippen LogP contribution in [0.5, 0.6) is 5.75 Å². The maximum absolute atomic E-state index is 12.6. The third-order valence-electron chi connectivity index (χ3n) is 3.39. The molecular formula is C17H17Br2NO4. The molecule has 5 nitrogen and oxygen atoms in total. The minimum Gasteiger partial charge on any atom is -0.484 e. The number of aryl methyl sites for hydroxylation is 2. The SMILES string of the molecule is CCOC(=O)c1c(C)[nH]c(C)c1C(=O)COc1ccc(Br)cc1Br. The average Bonchev–Trinajstić information content (AvgIpc) is 2.80. The number of ether oxygens (including phenoxy) is 2. The number of aromatic amines is 1. The van der Waals surface area contributed by atoms with Crippen molar-refractivity contribution in [3.8, 4) is 5.75 Å². The van der Waals surface area contributed by atoms with Crippen molar-refractivity contribution in [1.82, 2.24) is 4.98 Å². The third kappa shape index (κ3) is 4.08. The molecule has 0 fully saturated rings. The van der Waals surface area contributed by atoms with Gasteiger partial charge in [-0.1, -0.05) is 15.9 Å². The van der Waals surface area contributed by atoms with Gasteiger partial charge in [0.05, 0.1) is 22.2 Å². The smallest absolute Gasteiger partial charge is 0.340 e. The molecule has 1 aromatic heterocycles. The number of hydrogen-bond donors (Lipinski definition) is 1. The van der Waals surface area contributed by atoms with Crippen LogP contribution in [0.3, 0.4) is 0 Å². The largest absolute Gasteiger partial charge is 0.484 e. The van der Waals surface area contributed by atoms with E-state index in [1.807, 2.05) is 12.1 Å². The number of H-pyrrole nitrogens is 1. The Balaban J connectivity index is 2.22. The summed E-state index contributed by atoms with van der Waals surface area (Å²) >= 11 is 6.74. The summed E-state index contributed by atoms with van der Waals surface area (Å²) in [5, 5.41) is 0. The molecule has 0 spiro atoms. The van der Waals surface area contributed by atoms with Gasteiger partial charge in [0, 0.05) is 15.9 Å². The van der Waals surface area contributed by atoms with Crippen molar-refractivity contribution in [3.63, 3.8) is 0 Å². The highest BCUT2D eigenvalue weighted by atomic mass is 79.9. The Kier molecular flexibility index (Phi) is 6.23. The minimum absolute atomic E-state index is 0.176. The Labute approximate surface area is 157 Å². The number of ketones is 1. The maximum Gasteiger partial charge on any atom is 0.340 e. The van der Waals surface area contributed by atoms with Gasteiger partial charge in [-0.3, -0.25) is 4.79 Å². The first-order valence-corrected chi connectivity index (χ1v) is 8.91. The van der Waals surface area contributed by atoms with E-state index in [1.54, 1.807) is 26.8 Å². The zero-order valence-electron chi connectivity index (χ0n) is 13.5. The second-order valence-corrected chi connectivity index (χ2v) is 6.90. The molecule has 0 saturated carbocycles. The first-order chi connectivity index (χ1) is 11.3. The monoisotopic (exact) mass is 457 g/mol. The molecule has 0 amide bonds. The summed E-state index contributed by atoms with van der Waals surface area (Å²) in [6.45, 7) is 5.28. The van der Waals surface area contributed by atoms with E-state index < -0.39 is 5.97 Å². The first kappa shape index (κ1) is 18.7. The van der Waals surface area contributed by atoms with E-state index in [2.05, 4.69) is 36.8 Å². The van der Waals surface area contributed by atoms with Crippen LogP contribution in [0, 0.1) is 13.8 Å². The van der Waals surface area contributed by atoms with Gasteiger partial charge in [-0.2, -0.15) is 0 Å². The van der Waals surface area contributed by atoms with Gasteiger partial charge in [-0.05, 0) is 54.9 Å². The van der Waals surface area contributed by atoms with Gasteiger partial charge in [-0.25, -0.2) is 4.79 Å². The van der Waals surface area contributed by atoms with Gasteiger partial charge in [0.1, 0.15) is 5.75 Å². The van der Waals surface area contributed by atoms with Crippen molar-refractivity contribution >= 4 is 43.6 Å². The molecule has 128 valence electrons. The number of aromatic nitrogens is 1. The molecule has 0 aliphatic carbocycles. The summed E-state index contributed by atoms with van der Waals surface area (Å²) in [6, 6.07) is 5.40. The lowest BCUT2D eigenvalue weighted by Gasteiger charge is -2.09. The van der Waals surface area contributed by atoms with Crippen molar-refractivity contribution in [2.24, 2.45) is 0 Å². The molecule has 0 bridgehead atoms. The van der Waals surface area contributed by atoms with E-state index in [9.17, 15) is 9.59 Å². The van der Waals surface area contributed by atoms with Gasteiger partial charge in [0.15, 0.2) is 6.61 Å². The Morgan fingerprint density at radius 2 is 1.79 bits per heavy atom. The highest BCUT2D eigenvalue weighted by Crippen LogP contribution is 2.28. The molecule has 0 unspecified atom stereocenters.